The molecule has 1 aliphatic rings. The maximum atomic E-state index is 12.6. The van der Waals surface area contributed by atoms with Crippen LogP contribution in [0.15, 0.2) is 46.2 Å². The molecule has 0 unspecified atom stereocenters. The molecule has 0 bridgehead atoms. The first-order chi connectivity index (χ1) is 14.5. The van der Waals surface area contributed by atoms with Crippen LogP contribution < -0.4 is 9.47 Å². The van der Waals surface area contributed by atoms with E-state index in [0.29, 0.717) is 22.0 Å². The van der Waals surface area contributed by atoms with Gasteiger partial charge in [-0.1, -0.05) is 0 Å². The van der Waals surface area contributed by atoms with Gasteiger partial charge in [-0.05, 0) is 35.7 Å². The molecule has 10 heteroatoms. The summed E-state index contributed by atoms with van der Waals surface area (Å²) in [5.74, 6) is 0.185. The Balaban J connectivity index is 1.59. The lowest BCUT2D eigenvalue weighted by molar-refractivity contribution is -0.385. The molecular formula is C20H13NO8S. The number of fused-ring (bicyclic) bond motifs is 1. The predicted molar refractivity (Wildman–Crippen MR) is 106 cm³/mol. The third kappa shape index (κ3) is 3.55. The van der Waals surface area contributed by atoms with E-state index in [4.69, 9.17) is 18.6 Å². The number of ketones is 1. The Labute approximate surface area is 173 Å². The number of hydrogen-bond acceptors (Lipinski definition) is 9. The van der Waals surface area contributed by atoms with Crippen molar-refractivity contribution in [1.29, 1.82) is 0 Å². The Morgan fingerprint density at radius 2 is 1.97 bits per heavy atom. The van der Waals surface area contributed by atoms with Gasteiger partial charge in [0.2, 0.25) is 6.79 Å². The van der Waals surface area contributed by atoms with Crippen LogP contribution in [0.25, 0.3) is 17.4 Å². The summed E-state index contributed by atoms with van der Waals surface area (Å²) in [5.41, 5.74) is 0.0670. The summed E-state index contributed by atoms with van der Waals surface area (Å²) in [6.07, 6.45) is 2.56. The van der Waals surface area contributed by atoms with Crippen molar-refractivity contribution in [3.05, 3.63) is 68.1 Å². The van der Waals surface area contributed by atoms with E-state index < -0.39 is 16.7 Å². The summed E-state index contributed by atoms with van der Waals surface area (Å²) in [5, 5.41) is 13.1. The van der Waals surface area contributed by atoms with Crippen LogP contribution in [0, 0.1) is 10.1 Å². The number of furan rings is 1. The van der Waals surface area contributed by atoms with E-state index in [9.17, 15) is 19.7 Å². The van der Waals surface area contributed by atoms with E-state index >= 15 is 0 Å². The van der Waals surface area contributed by atoms with Gasteiger partial charge in [0.05, 0.1) is 18.1 Å². The molecule has 4 rings (SSSR count). The minimum atomic E-state index is -0.654. The number of esters is 1. The minimum absolute atomic E-state index is 0.0642. The van der Waals surface area contributed by atoms with Crippen molar-refractivity contribution in [2.45, 2.75) is 0 Å². The van der Waals surface area contributed by atoms with Gasteiger partial charge in [0.25, 0.3) is 5.69 Å². The average molecular weight is 427 g/mol. The van der Waals surface area contributed by atoms with E-state index in [1.54, 1.807) is 23.6 Å². The predicted octanol–water partition coefficient (Wildman–Crippen LogP) is 4.33. The highest BCUT2D eigenvalue weighted by Crippen LogP contribution is 2.38. The molecule has 0 saturated carbocycles. The van der Waals surface area contributed by atoms with Gasteiger partial charge in [0, 0.05) is 11.6 Å². The maximum Gasteiger partial charge on any atom is 0.348 e. The quantitative estimate of drug-likeness (QED) is 0.188. The standard InChI is InChI=1S/C20H13NO8S/c1-26-20(23)19-12(6-7-30-19)16-5-3-11(29-16)2-4-15(22)13-8-17-18(28-10-27-17)9-14(13)21(24)25/h2-9H,10H2,1H3/b4-2+. The first-order valence-corrected chi connectivity index (χ1v) is 9.42. The monoisotopic (exact) mass is 427 g/mol. The highest BCUT2D eigenvalue weighted by molar-refractivity contribution is 7.12. The zero-order chi connectivity index (χ0) is 21.3. The molecule has 0 radical (unpaired) electrons. The molecule has 0 fully saturated rings. The van der Waals surface area contributed by atoms with Crippen LogP contribution in [0.1, 0.15) is 25.8 Å². The van der Waals surface area contributed by atoms with Gasteiger partial charge >= 0.3 is 5.97 Å². The summed E-state index contributed by atoms with van der Waals surface area (Å²) >= 11 is 1.22. The third-order valence-electron chi connectivity index (χ3n) is 4.28. The van der Waals surface area contributed by atoms with Gasteiger partial charge < -0.3 is 18.6 Å². The van der Waals surface area contributed by atoms with Gasteiger partial charge in [-0.15, -0.1) is 11.3 Å². The second-order valence-corrected chi connectivity index (χ2v) is 6.95. The molecule has 0 N–H and O–H groups in total. The maximum absolute atomic E-state index is 12.6. The van der Waals surface area contributed by atoms with E-state index in [1.165, 1.54) is 42.7 Å². The number of nitrogens with zero attached hydrogens (tertiary/aromatic N) is 1. The number of methoxy groups -OCH3 is 1. The number of allylic oxidation sites excluding steroid dienone is 1. The van der Waals surface area contributed by atoms with Crippen LogP contribution in [-0.2, 0) is 4.74 Å². The summed E-state index contributed by atoms with van der Waals surface area (Å²) < 4.78 is 20.8. The second-order valence-electron chi connectivity index (χ2n) is 6.03. The van der Waals surface area contributed by atoms with E-state index in [2.05, 4.69) is 0 Å². The van der Waals surface area contributed by atoms with Gasteiger partial charge in [0.1, 0.15) is 22.0 Å². The smallest absolute Gasteiger partial charge is 0.348 e. The Morgan fingerprint density at radius 1 is 1.20 bits per heavy atom. The van der Waals surface area contributed by atoms with E-state index in [-0.39, 0.29) is 29.5 Å². The number of hydrogen-bond donors (Lipinski definition) is 0. The molecular weight excluding hydrogens is 414 g/mol. The molecule has 30 heavy (non-hydrogen) atoms. The van der Waals surface area contributed by atoms with Crippen molar-refractivity contribution in [2.75, 3.05) is 13.9 Å². The van der Waals surface area contributed by atoms with Crippen LogP contribution in [0.3, 0.4) is 0 Å². The lowest BCUT2D eigenvalue weighted by Crippen LogP contribution is -2.01. The van der Waals surface area contributed by atoms with Crippen molar-refractivity contribution in [3.8, 4) is 22.8 Å². The Kier molecular flexibility index (Phi) is 5.07. The van der Waals surface area contributed by atoms with Gasteiger partial charge in [-0.3, -0.25) is 14.9 Å². The summed E-state index contributed by atoms with van der Waals surface area (Å²) in [4.78, 5) is 35.5. The van der Waals surface area contributed by atoms with Crippen molar-refractivity contribution >= 4 is 34.9 Å². The Morgan fingerprint density at radius 3 is 2.70 bits per heavy atom. The highest BCUT2D eigenvalue weighted by Gasteiger charge is 2.26. The molecule has 2 aromatic heterocycles. The summed E-state index contributed by atoms with van der Waals surface area (Å²) in [7, 11) is 1.29. The van der Waals surface area contributed by atoms with Crippen LogP contribution in [0.2, 0.25) is 0 Å². The molecule has 0 atom stereocenters. The first-order valence-electron chi connectivity index (χ1n) is 8.54. The van der Waals surface area contributed by atoms with E-state index in [0.717, 1.165) is 0 Å². The van der Waals surface area contributed by atoms with Crippen LogP contribution in [0.5, 0.6) is 11.5 Å². The number of benzene rings is 1. The zero-order valence-electron chi connectivity index (χ0n) is 15.4. The fraction of sp³-hybridized carbons (Fsp3) is 0.100. The van der Waals surface area contributed by atoms with Crippen molar-refractivity contribution in [3.63, 3.8) is 0 Å². The molecule has 3 aromatic rings. The molecule has 0 amide bonds. The molecule has 9 nitrogen and oxygen atoms in total. The van der Waals surface area contributed by atoms with Gasteiger partial charge in [-0.2, -0.15) is 0 Å². The first kappa shape index (κ1) is 19.4. The summed E-state index contributed by atoms with van der Waals surface area (Å²) in [6, 6.07) is 7.45. The van der Waals surface area contributed by atoms with Gasteiger partial charge in [-0.25, -0.2) is 4.79 Å². The largest absolute Gasteiger partial charge is 0.465 e. The third-order valence-corrected chi connectivity index (χ3v) is 5.17. The van der Waals surface area contributed by atoms with Crippen LogP contribution in [-0.4, -0.2) is 30.6 Å². The molecule has 152 valence electrons. The van der Waals surface area contributed by atoms with Gasteiger partial charge in [0.15, 0.2) is 17.3 Å². The fourth-order valence-corrected chi connectivity index (χ4v) is 3.68. The van der Waals surface area contributed by atoms with Crippen molar-refractivity contribution in [2.24, 2.45) is 0 Å². The Bertz CT molecular complexity index is 1190. The Hall–Kier alpha value is -3.92. The molecule has 0 spiro atoms. The number of thiophene rings is 1. The zero-order valence-corrected chi connectivity index (χ0v) is 16.3. The lowest BCUT2D eigenvalue weighted by Gasteiger charge is -2.01. The number of carbonyl (C=O) groups is 2. The number of ether oxygens (including phenoxy) is 3. The molecule has 0 aliphatic carbocycles. The number of rotatable bonds is 6. The van der Waals surface area contributed by atoms with Crippen molar-refractivity contribution < 1.29 is 33.1 Å². The second kappa shape index (κ2) is 7.84. The van der Waals surface area contributed by atoms with Crippen molar-refractivity contribution in [1.82, 2.24) is 0 Å². The van der Waals surface area contributed by atoms with Crippen LogP contribution in [0.4, 0.5) is 5.69 Å². The number of nitro benzene ring substituents is 1. The summed E-state index contributed by atoms with van der Waals surface area (Å²) in [6.45, 7) is -0.0642. The van der Waals surface area contributed by atoms with Crippen LogP contribution >= 0.6 is 11.3 Å². The average Bonchev–Trinajstić information content (AvgIpc) is 3.49. The molecule has 1 aromatic carbocycles. The number of carbonyl (C=O) groups excluding carboxylic acids is 2. The number of nitro groups is 1. The topological polar surface area (TPSA) is 118 Å². The SMILES string of the molecule is COC(=O)c1sccc1-c1ccc(/C=C/C(=O)c2cc3c(cc2[N+](=O)[O-])OCO3)o1. The van der Waals surface area contributed by atoms with E-state index in [1.807, 2.05) is 0 Å². The normalized spacial score (nSPS) is 12.3. The minimum Gasteiger partial charge on any atom is -0.465 e. The lowest BCUT2D eigenvalue weighted by atomic mass is 10.1. The fourth-order valence-electron chi connectivity index (χ4n) is 2.87. The highest BCUT2D eigenvalue weighted by atomic mass is 32.1. The molecule has 1 aliphatic heterocycles. The molecule has 0 saturated heterocycles. The molecule has 3 heterocycles.